The van der Waals surface area contributed by atoms with Gasteiger partial charge in [0.25, 0.3) is 0 Å². The summed E-state index contributed by atoms with van der Waals surface area (Å²) in [5, 5.41) is 0. The van der Waals surface area contributed by atoms with Gasteiger partial charge < -0.3 is 15.4 Å². The number of amides is 1. The number of hydrogen-bond acceptors (Lipinski definition) is 3. The van der Waals surface area contributed by atoms with Crippen molar-refractivity contribution in [3.63, 3.8) is 0 Å². The zero-order chi connectivity index (χ0) is 13.0. The molecule has 0 aromatic heterocycles. The van der Waals surface area contributed by atoms with Crippen LogP contribution < -0.4 is 5.73 Å². The third-order valence-electron chi connectivity index (χ3n) is 4.71. The van der Waals surface area contributed by atoms with Gasteiger partial charge in [0.2, 0.25) is 5.91 Å². The molecule has 2 aliphatic rings. The average Bonchev–Trinajstić information content (AvgIpc) is 2.35. The van der Waals surface area contributed by atoms with Crippen molar-refractivity contribution in [2.45, 2.75) is 50.5 Å². The molecule has 0 radical (unpaired) electrons. The summed E-state index contributed by atoms with van der Waals surface area (Å²) >= 11 is 0. The van der Waals surface area contributed by atoms with Crippen LogP contribution in [0.25, 0.3) is 0 Å². The number of nitrogens with zero attached hydrogens (tertiary/aromatic N) is 1. The fraction of sp³-hybridized carbons (Fsp3) is 0.929. The molecule has 0 unspecified atom stereocenters. The van der Waals surface area contributed by atoms with E-state index in [2.05, 4.69) is 0 Å². The average molecular weight is 254 g/mol. The second-order valence-corrected chi connectivity index (χ2v) is 5.82. The lowest BCUT2D eigenvalue weighted by Gasteiger charge is -2.42. The molecule has 4 nitrogen and oxygen atoms in total. The quantitative estimate of drug-likeness (QED) is 0.809. The summed E-state index contributed by atoms with van der Waals surface area (Å²) in [7, 11) is 1.74. The minimum Gasteiger partial charge on any atom is -0.378 e. The van der Waals surface area contributed by atoms with Crippen molar-refractivity contribution in [2.75, 3.05) is 26.7 Å². The monoisotopic (exact) mass is 254 g/mol. The molecule has 4 heteroatoms. The fourth-order valence-electron chi connectivity index (χ4n) is 3.12. The van der Waals surface area contributed by atoms with Gasteiger partial charge >= 0.3 is 0 Å². The molecule has 2 fully saturated rings. The van der Waals surface area contributed by atoms with Crippen LogP contribution >= 0.6 is 0 Å². The summed E-state index contributed by atoms with van der Waals surface area (Å²) < 4.78 is 5.53. The van der Waals surface area contributed by atoms with Gasteiger partial charge in [-0.1, -0.05) is 0 Å². The number of nitrogens with two attached hydrogens (primary N) is 1. The van der Waals surface area contributed by atoms with Crippen LogP contribution in [0.5, 0.6) is 0 Å². The van der Waals surface area contributed by atoms with Crippen LogP contribution in [0.3, 0.4) is 0 Å². The Kier molecular flexibility index (Phi) is 4.62. The Morgan fingerprint density at radius 2 is 2.06 bits per heavy atom. The number of likely N-dealkylation sites (tertiary alicyclic amines) is 1. The van der Waals surface area contributed by atoms with E-state index >= 15 is 0 Å². The maximum absolute atomic E-state index is 12.3. The summed E-state index contributed by atoms with van der Waals surface area (Å²) in [4.78, 5) is 14.3. The highest BCUT2D eigenvalue weighted by atomic mass is 16.5. The first-order valence-corrected chi connectivity index (χ1v) is 7.22. The molecule has 0 spiro atoms. The number of carbonyl (C=O) groups is 1. The summed E-state index contributed by atoms with van der Waals surface area (Å²) in [6.07, 6.45) is 7.18. The number of ether oxygens (including phenoxy) is 1. The van der Waals surface area contributed by atoms with Crippen molar-refractivity contribution < 1.29 is 9.53 Å². The molecule has 0 bridgehead atoms. The summed E-state index contributed by atoms with van der Waals surface area (Å²) in [6, 6.07) is 0. The highest BCUT2D eigenvalue weighted by Gasteiger charge is 2.40. The Morgan fingerprint density at radius 3 is 2.50 bits per heavy atom. The number of methoxy groups -OCH3 is 1. The van der Waals surface area contributed by atoms with E-state index in [4.69, 9.17) is 10.5 Å². The molecule has 2 rings (SSSR count). The van der Waals surface area contributed by atoms with E-state index < -0.39 is 0 Å². The lowest BCUT2D eigenvalue weighted by molar-refractivity contribution is -0.145. The highest BCUT2D eigenvalue weighted by Crippen LogP contribution is 2.38. The molecule has 0 aromatic carbocycles. The van der Waals surface area contributed by atoms with Crippen LogP contribution in [0.2, 0.25) is 0 Å². The Morgan fingerprint density at radius 1 is 1.39 bits per heavy atom. The summed E-state index contributed by atoms with van der Waals surface area (Å²) in [5.74, 6) is 1.00. The van der Waals surface area contributed by atoms with E-state index in [1.54, 1.807) is 7.11 Å². The lowest BCUT2D eigenvalue weighted by Crippen LogP contribution is -2.47. The largest absolute Gasteiger partial charge is 0.378 e. The highest BCUT2D eigenvalue weighted by molar-refractivity contribution is 5.77. The second-order valence-electron chi connectivity index (χ2n) is 5.82. The van der Waals surface area contributed by atoms with Crippen LogP contribution in [-0.4, -0.2) is 43.2 Å². The van der Waals surface area contributed by atoms with Gasteiger partial charge in [-0.3, -0.25) is 4.79 Å². The van der Waals surface area contributed by atoms with Crippen LogP contribution in [0, 0.1) is 5.92 Å². The van der Waals surface area contributed by atoms with Crippen LogP contribution in [0.1, 0.15) is 44.9 Å². The molecule has 104 valence electrons. The standard InChI is InChI=1S/C14H26N2O2/c1-18-14(6-2-7-14)11-13(17)16-9-4-12(3-8-15)5-10-16/h12H,2-11,15H2,1H3. The number of rotatable bonds is 5. The minimum atomic E-state index is -0.134. The van der Waals surface area contributed by atoms with Gasteiger partial charge in [-0.25, -0.2) is 0 Å². The SMILES string of the molecule is COC1(CC(=O)N2CCC(CCN)CC2)CCC1. The van der Waals surface area contributed by atoms with E-state index in [1.165, 1.54) is 6.42 Å². The van der Waals surface area contributed by atoms with Crippen LogP contribution in [-0.2, 0) is 9.53 Å². The molecule has 1 heterocycles. The fourth-order valence-corrected chi connectivity index (χ4v) is 3.12. The van der Waals surface area contributed by atoms with Crippen molar-refractivity contribution in [3.8, 4) is 0 Å². The molecule has 1 saturated heterocycles. The molecule has 18 heavy (non-hydrogen) atoms. The Labute approximate surface area is 110 Å². The van der Waals surface area contributed by atoms with Crippen LogP contribution in [0.4, 0.5) is 0 Å². The van der Waals surface area contributed by atoms with Crippen molar-refractivity contribution in [1.82, 2.24) is 4.90 Å². The molecule has 2 N–H and O–H groups in total. The smallest absolute Gasteiger partial charge is 0.225 e. The van der Waals surface area contributed by atoms with Gasteiger partial charge in [0, 0.05) is 20.2 Å². The molecule has 1 aliphatic heterocycles. The Hall–Kier alpha value is -0.610. The summed E-state index contributed by atoms with van der Waals surface area (Å²) in [5.41, 5.74) is 5.45. The van der Waals surface area contributed by atoms with Gasteiger partial charge in [-0.15, -0.1) is 0 Å². The number of carbonyl (C=O) groups excluding carboxylic acids is 1. The molecule has 0 atom stereocenters. The second kappa shape index (κ2) is 6.02. The molecule has 1 aliphatic carbocycles. The third kappa shape index (κ3) is 3.04. The Balaban J connectivity index is 1.77. The maximum atomic E-state index is 12.3. The van der Waals surface area contributed by atoms with Gasteiger partial charge in [0.15, 0.2) is 0 Å². The minimum absolute atomic E-state index is 0.134. The first-order valence-electron chi connectivity index (χ1n) is 7.22. The van der Waals surface area contributed by atoms with E-state index in [0.717, 1.165) is 57.7 Å². The molecular weight excluding hydrogens is 228 g/mol. The topological polar surface area (TPSA) is 55.6 Å². The zero-order valence-corrected chi connectivity index (χ0v) is 11.5. The zero-order valence-electron chi connectivity index (χ0n) is 11.5. The maximum Gasteiger partial charge on any atom is 0.225 e. The third-order valence-corrected chi connectivity index (χ3v) is 4.71. The lowest BCUT2D eigenvalue weighted by atomic mass is 9.77. The van der Waals surface area contributed by atoms with Gasteiger partial charge in [0.05, 0.1) is 12.0 Å². The van der Waals surface area contributed by atoms with E-state index in [0.29, 0.717) is 6.42 Å². The van der Waals surface area contributed by atoms with Gasteiger partial charge in [-0.05, 0) is 51.0 Å². The van der Waals surface area contributed by atoms with Crippen LogP contribution in [0.15, 0.2) is 0 Å². The normalized spacial score (nSPS) is 23.8. The van der Waals surface area contributed by atoms with E-state index in [-0.39, 0.29) is 11.5 Å². The van der Waals surface area contributed by atoms with Crippen molar-refractivity contribution in [2.24, 2.45) is 11.7 Å². The molecular formula is C14H26N2O2. The van der Waals surface area contributed by atoms with Crippen molar-refractivity contribution in [3.05, 3.63) is 0 Å². The molecule has 1 amide bonds. The Bertz CT molecular complexity index is 276. The predicted octanol–water partition coefficient (Wildman–Crippen LogP) is 1.53. The number of piperidine rings is 1. The van der Waals surface area contributed by atoms with Gasteiger partial charge in [0.1, 0.15) is 0 Å². The summed E-state index contributed by atoms with van der Waals surface area (Å²) in [6.45, 7) is 2.58. The predicted molar refractivity (Wildman–Crippen MR) is 71.2 cm³/mol. The first kappa shape index (κ1) is 13.8. The number of hydrogen-bond donors (Lipinski definition) is 1. The van der Waals surface area contributed by atoms with Gasteiger partial charge in [-0.2, -0.15) is 0 Å². The molecule has 0 aromatic rings. The van der Waals surface area contributed by atoms with E-state index in [9.17, 15) is 4.79 Å². The van der Waals surface area contributed by atoms with E-state index in [1.807, 2.05) is 4.90 Å². The van der Waals surface area contributed by atoms with Crippen molar-refractivity contribution in [1.29, 1.82) is 0 Å². The first-order chi connectivity index (χ1) is 8.69. The molecule has 1 saturated carbocycles. The van der Waals surface area contributed by atoms with Crippen molar-refractivity contribution >= 4 is 5.91 Å².